The van der Waals surface area contributed by atoms with Crippen LogP contribution in [0.25, 0.3) is 0 Å². The summed E-state index contributed by atoms with van der Waals surface area (Å²) in [5.74, 6) is -21.3. The van der Waals surface area contributed by atoms with Crippen LogP contribution in [0.1, 0.15) is 6.92 Å². The van der Waals surface area contributed by atoms with Crippen LogP contribution < -0.4 is 0 Å². The van der Waals surface area contributed by atoms with Crippen LogP contribution in [-0.4, -0.2) is 35.8 Å². The summed E-state index contributed by atoms with van der Waals surface area (Å²) in [4.78, 5) is 0. The van der Waals surface area contributed by atoms with Crippen molar-refractivity contribution in [3.8, 4) is 0 Å². The zero-order valence-corrected chi connectivity index (χ0v) is 8.91. The minimum atomic E-state index is -7.84. The largest absolute Gasteiger partial charge is 0.457 e. The molecule has 0 saturated carbocycles. The van der Waals surface area contributed by atoms with E-state index in [0.717, 1.165) is 0 Å². The molecule has 0 heterocycles. The summed E-state index contributed by atoms with van der Waals surface area (Å²) in [7, 11) is 0. The minimum absolute atomic E-state index is 1.13. The van der Waals surface area contributed by atoms with Crippen molar-refractivity contribution in [2.75, 3.05) is 0 Å². The van der Waals surface area contributed by atoms with Crippen LogP contribution in [0, 0.1) is 0 Å². The maximum absolute atomic E-state index is 13.0. The molecule has 0 saturated heterocycles. The van der Waals surface area contributed by atoms with Gasteiger partial charge in [-0.15, -0.1) is 0 Å². The molecular weight excluding hydrogens is 331 g/mol. The van der Waals surface area contributed by atoms with E-state index >= 15 is 0 Å². The van der Waals surface area contributed by atoms with E-state index in [4.69, 9.17) is 0 Å². The van der Waals surface area contributed by atoms with Crippen LogP contribution in [0.15, 0.2) is 0 Å². The maximum atomic E-state index is 13.0. The van der Waals surface area contributed by atoms with Crippen LogP contribution in [0.4, 0.5) is 57.1 Å². The third-order valence-electron chi connectivity index (χ3n) is 2.16. The van der Waals surface area contributed by atoms with E-state index in [1.807, 2.05) is 0 Å². The Hall–Kier alpha value is -0.910. The molecule has 122 valence electrons. The van der Waals surface area contributed by atoms with Crippen molar-refractivity contribution in [3.05, 3.63) is 0 Å². The molecule has 0 N–H and O–H groups in total. The molecule has 0 radical (unpaired) electrons. The van der Waals surface area contributed by atoms with Gasteiger partial charge in [-0.1, -0.05) is 0 Å². The molecule has 0 aliphatic rings. The van der Waals surface area contributed by atoms with Gasteiger partial charge >= 0.3 is 35.8 Å². The second-order valence-electron chi connectivity index (χ2n) is 3.69. The lowest BCUT2D eigenvalue weighted by Crippen LogP contribution is -2.74. The van der Waals surface area contributed by atoms with Crippen LogP contribution in [0.2, 0.25) is 0 Å². The average Bonchev–Trinajstić information content (AvgIpc) is 2.10. The topological polar surface area (TPSA) is 0 Å². The van der Waals surface area contributed by atoms with E-state index in [1.54, 1.807) is 0 Å². The lowest BCUT2D eigenvalue weighted by Gasteiger charge is -2.42. The van der Waals surface area contributed by atoms with E-state index in [9.17, 15) is 57.1 Å². The lowest BCUT2D eigenvalue weighted by molar-refractivity contribution is -0.443. The molecule has 0 fully saturated rings. The Morgan fingerprint density at radius 3 is 0.900 bits per heavy atom. The van der Waals surface area contributed by atoms with Gasteiger partial charge in [-0.25, -0.2) is 13.2 Å². The monoisotopic (exact) mass is 334 g/mol. The fourth-order valence-electron chi connectivity index (χ4n) is 1.05. The van der Waals surface area contributed by atoms with Crippen molar-refractivity contribution in [3.63, 3.8) is 0 Å². The number of halogens is 13. The highest BCUT2D eigenvalue weighted by molar-refractivity contribution is 5.15. The first kappa shape index (κ1) is 19.1. The van der Waals surface area contributed by atoms with Crippen LogP contribution in [-0.2, 0) is 0 Å². The molecule has 0 rings (SSSR count). The second kappa shape index (κ2) is 4.29. The molecule has 0 aliphatic heterocycles. The number of rotatable bonds is 3. The Labute approximate surface area is 101 Å². The van der Waals surface area contributed by atoms with Gasteiger partial charge in [-0.05, 0) is 0 Å². The van der Waals surface area contributed by atoms with Crippen molar-refractivity contribution in [2.24, 2.45) is 0 Å². The van der Waals surface area contributed by atoms with E-state index in [1.165, 1.54) is 0 Å². The molecule has 1 unspecified atom stereocenters. The quantitative estimate of drug-likeness (QED) is 0.654. The summed E-state index contributed by atoms with van der Waals surface area (Å²) in [5, 5.41) is 0. The molecule has 0 nitrogen and oxygen atoms in total. The number of hydrogen-bond acceptors (Lipinski definition) is 0. The van der Waals surface area contributed by atoms with Crippen LogP contribution in [0.3, 0.4) is 0 Å². The third-order valence-corrected chi connectivity index (χ3v) is 2.16. The van der Waals surface area contributed by atoms with E-state index in [0.29, 0.717) is 0 Å². The summed E-state index contributed by atoms with van der Waals surface area (Å²) in [6.45, 7) is -1.13. The summed E-state index contributed by atoms with van der Waals surface area (Å²) in [6.07, 6.45) is -15.1. The van der Waals surface area contributed by atoms with E-state index < -0.39 is 42.7 Å². The van der Waals surface area contributed by atoms with Crippen molar-refractivity contribution < 1.29 is 57.1 Å². The molecule has 0 amide bonds. The normalized spacial score (nSPS) is 18.9. The third kappa shape index (κ3) is 2.28. The molecular formula is C7H3F13. The van der Waals surface area contributed by atoms with Gasteiger partial charge < -0.3 is 0 Å². The zero-order chi connectivity index (χ0) is 17.0. The predicted octanol–water partition coefficient (Wildman–Crippen LogP) is 4.75. The summed E-state index contributed by atoms with van der Waals surface area (Å²) in [5.41, 5.74) is -7.84. The summed E-state index contributed by atoms with van der Waals surface area (Å²) >= 11 is 0. The first-order valence-corrected chi connectivity index (χ1v) is 4.21. The van der Waals surface area contributed by atoms with Gasteiger partial charge in [0.1, 0.15) is 0 Å². The second-order valence-corrected chi connectivity index (χ2v) is 3.69. The van der Waals surface area contributed by atoms with Crippen molar-refractivity contribution in [1.82, 2.24) is 0 Å². The van der Waals surface area contributed by atoms with Gasteiger partial charge in [0, 0.05) is 6.92 Å². The Kier molecular flexibility index (Phi) is 4.10. The van der Waals surface area contributed by atoms with Gasteiger partial charge in [0.2, 0.25) is 0 Å². The highest BCUT2D eigenvalue weighted by Gasteiger charge is 2.93. The number of alkyl halides is 13. The van der Waals surface area contributed by atoms with E-state index in [-0.39, 0.29) is 0 Å². The first-order chi connectivity index (χ1) is 8.25. The first-order valence-electron chi connectivity index (χ1n) is 4.21. The number of hydrogen-bond donors (Lipinski definition) is 0. The van der Waals surface area contributed by atoms with Gasteiger partial charge in [0.05, 0.1) is 0 Å². The molecule has 20 heavy (non-hydrogen) atoms. The molecule has 0 spiro atoms. The van der Waals surface area contributed by atoms with Crippen molar-refractivity contribution in [2.45, 2.75) is 42.7 Å². The molecule has 13 heteroatoms. The molecule has 0 aromatic carbocycles. The summed E-state index contributed by atoms with van der Waals surface area (Å²) in [6, 6.07) is 0. The van der Waals surface area contributed by atoms with Gasteiger partial charge in [-0.2, -0.15) is 43.9 Å². The van der Waals surface area contributed by atoms with Gasteiger partial charge in [-0.3, -0.25) is 0 Å². The van der Waals surface area contributed by atoms with Gasteiger partial charge in [0.25, 0.3) is 0 Å². The average molecular weight is 334 g/mol. The fourth-order valence-corrected chi connectivity index (χ4v) is 1.05. The minimum Gasteiger partial charge on any atom is -0.219 e. The Balaban J connectivity index is 6.50. The van der Waals surface area contributed by atoms with Crippen molar-refractivity contribution in [1.29, 1.82) is 0 Å². The zero-order valence-electron chi connectivity index (χ0n) is 8.91. The SMILES string of the molecule is CC(F)(F)C(F)(F)C(F)(C(F)(F)F)C(F)(F)C(F)(F)F. The van der Waals surface area contributed by atoms with Gasteiger partial charge in [0.15, 0.2) is 0 Å². The highest BCUT2D eigenvalue weighted by Crippen LogP contribution is 2.62. The molecule has 1 atom stereocenters. The summed E-state index contributed by atoms with van der Waals surface area (Å²) < 4.78 is 159. The predicted molar refractivity (Wildman–Crippen MR) is 36.5 cm³/mol. The molecule has 0 aliphatic carbocycles. The lowest BCUT2D eigenvalue weighted by atomic mass is 9.85. The van der Waals surface area contributed by atoms with Crippen LogP contribution >= 0.6 is 0 Å². The van der Waals surface area contributed by atoms with Crippen LogP contribution in [0.5, 0.6) is 0 Å². The standard InChI is InChI=1S/C7H3F13/c1-2(8,9)4(11,12)3(10,6(15,16)17)5(13,14)7(18,19)20/h1H3. The fraction of sp³-hybridized carbons (Fsp3) is 1.00. The van der Waals surface area contributed by atoms with E-state index in [2.05, 4.69) is 0 Å². The Bertz CT molecular complexity index is 326. The molecule has 0 aromatic rings. The van der Waals surface area contributed by atoms with Crippen molar-refractivity contribution >= 4 is 0 Å². The Morgan fingerprint density at radius 1 is 0.450 bits per heavy atom. The highest BCUT2D eigenvalue weighted by atomic mass is 19.4. The smallest absolute Gasteiger partial charge is 0.219 e. The molecule has 0 aromatic heterocycles. The maximum Gasteiger partial charge on any atom is 0.457 e. The Morgan fingerprint density at radius 2 is 0.750 bits per heavy atom. The molecule has 0 bridgehead atoms.